The molecule has 2 rings (SSSR count). The van der Waals surface area contributed by atoms with Gasteiger partial charge in [-0.25, -0.2) is 17.8 Å². The second kappa shape index (κ2) is 10.1. The van der Waals surface area contributed by atoms with Crippen LogP contribution < -0.4 is 14.8 Å². The van der Waals surface area contributed by atoms with Gasteiger partial charge in [-0.15, -0.1) is 0 Å². The molecule has 176 valence electrons. The molecule has 2 N–H and O–H groups in total. The smallest absolute Gasteiger partial charge is 0.272 e. The highest BCUT2D eigenvalue weighted by molar-refractivity contribution is 7.89. The van der Waals surface area contributed by atoms with Crippen LogP contribution in [0.15, 0.2) is 23.1 Å². The van der Waals surface area contributed by atoms with Gasteiger partial charge in [0.25, 0.3) is 11.6 Å². The van der Waals surface area contributed by atoms with E-state index in [2.05, 4.69) is 15.1 Å². The number of hydrogen-bond acceptors (Lipinski definition) is 7. The van der Waals surface area contributed by atoms with Crippen molar-refractivity contribution in [1.82, 2.24) is 19.8 Å². The summed E-state index contributed by atoms with van der Waals surface area (Å²) in [7, 11) is -2.55. The van der Waals surface area contributed by atoms with Gasteiger partial charge < -0.3 is 10.1 Å². The molecule has 2 aromatic rings. The Bertz CT molecular complexity index is 1110. The third-order valence-corrected chi connectivity index (χ3v) is 6.19. The SMILES string of the molecule is CC[C@@H](C)NC(=O)c1nn(C)c(Oc2ccc([N+](=O)[O-])cc2S(=O)(=O)NCC(C)C)c1C. The second-order valence-corrected chi connectivity index (χ2v) is 9.66. The molecule has 0 saturated carbocycles. The van der Waals surface area contributed by atoms with Gasteiger partial charge in [-0.2, -0.15) is 5.10 Å². The Balaban J connectivity index is 2.49. The maximum atomic E-state index is 12.9. The van der Waals surface area contributed by atoms with Crippen LogP contribution in [0.25, 0.3) is 0 Å². The zero-order valence-corrected chi connectivity index (χ0v) is 19.8. The van der Waals surface area contributed by atoms with E-state index in [1.165, 1.54) is 10.7 Å². The molecule has 0 radical (unpaired) electrons. The fourth-order valence-electron chi connectivity index (χ4n) is 2.73. The lowest BCUT2D eigenvalue weighted by molar-refractivity contribution is -0.385. The largest absolute Gasteiger partial charge is 0.438 e. The van der Waals surface area contributed by atoms with Gasteiger partial charge in [0, 0.05) is 37.3 Å². The molecular weight excluding hydrogens is 438 g/mol. The first-order chi connectivity index (χ1) is 14.9. The van der Waals surface area contributed by atoms with E-state index in [-0.39, 0.29) is 46.6 Å². The molecule has 0 spiro atoms. The highest BCUT2D eigenvalue weighted by Crippen LogP contribution is 2.34. The van der Waals surface area contributed by atoms with Crippen molar-refractivity contribution in [3.05, 3.63) is 39.6 Å². The topological polar surface area (TPSA) is 145 Å². The minimum atomic E-state index is -4.11. The van der Waals surface area contributed by atoms with Gasteiger partial charge in [-0.1, -0.05) is 20.8 Å². The molecule has 0 aliphatic carbocycles. The highest BCUT2D eigenvalue weighted by Gasteiger charge is 2.27. The Kier molecular flexibility index (Phi) is 7.97. The van der Waals surface area contributed by atoms with E-state index in [9.17, 15) is 23.3 Å². The predicted octanol–water partition coefficient (Wildman–Crippen LogP) is 2.89. The number of carbonyl (C=O) groups is 1. The Labute approximate surface area is 187 Å². The van der Waals surface area contributed by atoms with Gasteiger partial charge in [0.2, 0.25) is 15.9 Å². The fourth-order valence-corrected chi connectivity index (χ4v) is 4.09. The minimum Gasteiger partial charge on any atom is -0.438 e. The van der Waals surface area contributed by atoms with Crippen molar-refractivity contribution >= 4 is 21.6 Å². The van der Waals surface area contributed by atoms with Crippen LogP contribution >= 0.6 is 0 Å². The maximum absolute atomic E-state index is 12.9. The quantitative estimate of drug-likeness (QED) is 0.403. The molecule has 32 heavy (non-hydrogen) atoms. The first-order valence-electron chi connectivity index (χ1n) is 10.2. The van der Waals surface area contributed by atoms with Crippen molar-refractivity contribution < 1.29 is 22.9 Å². The van der Waals surface area contributed by atoms with Crippen LogP contribution in [0.5, 0.6) is 11.6 Å². The van der Waals surface area contributed by atoms with E-state index >= 15 is 0 Å². The van der Waals surface area contributed by atoms with E-state index < -0.39 is 20.6 Å². The molecule has 0 bridgehead atoms. The summed E-state index contributed by atoms with van der Waals surface area (Å²) in [5.74, 6) is -0.323. The van der Waals surface area contributed by atoms with Crippen LogP contribution in [0.4, 0.5) is 5.69 Å². The number of nitrogens with one attached hydrogen (secondary N) is 2. The molecule has 0 saturated heterocycles. The number of nitrogens with zero attached hydrogens (tertiary/aromatic N) is 3. The lowest BCUT2D eigenvalue weighted by atomic mass is 10.2. The molecule has 0 fully saturated rings. The number of hydrogen-bond donors (Lipinski definition) is 2. The second-order valence-electron chi connectivity index (χ2n) is 7.92. The van der Waals surface area contributed by atoms with E-state index in [1.807, 2.05) is 27.7 Å². The summed E-state index contributed by atoms with van der Waals surface area (Å²) in [5, 5.41) is 18.2. The third kappa shape index (κ3) is 5.82. The van der Waals surface area contributed by atoms with Crippen LogP contribution in [-0.4, -0.2) is 41.6 Å². The Morgan fingerprint density at radius 1 is 1.31 bits per heavy atom. The Hall–Kier alpha value is -2.99. The average molecular weight is 468 g/mol. The standard InChI is InChI=1S/C20H29N5O6S/c1-7-13(4)22-19(26)18-14(5)20(24(6)23-18)31-16-9-8-15(25(27)28)10-17(16)32(29,30)21-11-12(2)3/h8-10,12-13,21H,7,11H2,1-6H3,(H,22,26)/t13-/m1/s1. The maximum Gasteiger partial charge on any atom is 0.272 e. The lowest BCUT2D eigenvalue weighted by Gasteiger charge is -2.14. The number of rotatable bonds is 10. The van der Waals surface area contributed by atoms with Crippen LogP contribution in [0.3, 0.4) is 0 Å². The van der Waals surface area contributed by atoms with Gasteiger partial charge in [-0.05, 0) is 32.3 Å². The number of sulfonamides is 1. The normalized spacial score (nSPS) is 12.6. The van der Waals surface area contributed by atoms with Crippen molar-refractivity contribution in [2.75, 3.05) is 6.54 Å². The highest BCUT2D eigenvalue weighted by atomic mass is 32.2. The van der Waals surface area contributed by atoms with Crippen LogP contribution in [0.1, 0.15) is 50.2 Å². The molecule has 0 unspecified atom stereocenters. The zero-order chi connectivity index (χ0) is 24.2. The molecule has 1 heterocycles. The summed E-state index contributed by atoms with van der Waals surface area (Å²) in [4.78, 5) is 22.7. The molecule has 1 amide bonds. The van der Waals surface area contributed by atoms with Crippen LogP contribution in [-0.2, 0) is 17.1 Å². The molecule has 12 heteroatoms. The summed E-state index contributed by atoms with van der Waals surface area (Å²) in [6.07, 6.45) is 0.744. The molecule has 0 aliphatic rings. The average Bonchev–Trinajstić information content (AvgIpc) is 3.00. The number of ether oxygens (including phenoxy) is 1. The summed E-state index contributed by atoms with van der Waals surface area (Å²) in [5.41, 5.74) is 0.162. The van der Waals surface area contributed by atoms with E-state index in [0.717, 1.165) is 18.6 Å². The number of amides is 1. The van der Waals surface area contributed by atoms with Gasteiger partial charge in [0.15, 0.2) is 5.69 Å². The number of nitro groups is 1. The third-order valence-electron chi connectivity index (χ3n) is 4.74. The first-order valence-corrected chi connectivity index (χ1v) is 11.7. The van der Waals surface area contributed by atoms with Crippen molar-refractivity contribution in [2.45, 2.75) is 52.0 Å². The van der Waals surface area contributed by atoms with Gasteiger partial charge in [0.1, 0.15) is 10.6 Å². The number of benzene rings is 1. The predicted molar refractivity (Wildman–Crippen MR) is 118 cm³/mol. The lowest BCUT2D eigenvalue weighted by Crippen LogP contribution is -2.32. The van der Waals surface area contributed by atoms with E-state index in [1.54, 1.807) is 14.0 Å². The number of non-ortho nitro benzene ring substituents is 1. The molecule has 11 nitrogen and oxygen atoms in total. The van der Waals surface area contributed by atoms with Gasteiger partial charge in [-0.3, -0.25) is 14.9 Å². The van der Waals surface area contributed by atoms with Crippen LogP contribution in [0.2, 0.25) is 0 Å². The fraction of sp³-hybridized carbons (Fsp3) is 0.500. The number of aromatic nitrogens is 2. The van der Waals surface area contributed by atoms with Crippen molar-refractivity contribution in [1.29, 1.82) is 0 Å². The Morgan fingerprint density at radius 2 is 1.97 bits per heavy atom. The minimum absolute atomic E-state index is 0.0266. The number of aryl methyl sites for hydroxylation is 1. The molecule has 1 aromatic heterocycles. The van der Waals surface area contributed by atoms with Gasteiger partial charge >= 0.3 is 0 Å². The Morgan fingerprint density at radius 3 is 2.53 bits per heavy atom. The van der Waals surface area contributed by atoms with E-state index in [4.69, 9.17) is 4.74 Å². The molecule has 0 aliphatic heterocycles. The number of carbonyl (C=O) groups excluding carboxylic acids is 1. The number of nitro benzene ring substituents is 1. The summed E-state index contributed by atoms with van der Waals surface area (Å²) < 4.78 is 35.3. The monoisotopic (exact) mass is 467 g/mol. The van der Waals surface area contributed by atoms with Gasteiger partial charge in [0.05, 0.1) is 4.92 Å². The first kappa shape index (κ1) is 25.3. The molecule has 1 atom stereocenters. The van der Waals surface area contributed by atoms with E-state index in [0.29, 0.717) is 5.56 Å². The summed E-state index contributed by atoms with van der Waals surface area (Å²) in [6, 6.07) is 3.26. The van der Waals surface area contributed by atoms with Crippen molar-refractivity contribution in [2.24, 2.45) is 13.0 Å². The molecule has 1 aromatic carbocycles. The van der Waals surface area contributed by atoms with Crippen molar-refractivity contribution in [3.63, 3.8) is 0 Å². The molecular formula is C20H29N5O6S. The summed E-state index contributed by atoms with van der Waals surface area (Å²) >= 11 is 0. The summed E-state index contributed by atoms with van der Waals surface area (Å²) in [6.45, 7) is 9.25. The van der Waals surface area contributed by atoms with Crippen LogP contribution in [0, 0.1) is 23.0 Å². The van der Waals surface area contributed by atoms with Crippen molar-refractivity contribution in [3.8, 4) is 11.6 Å². The zero-order valence-electron chi connectivity index (χ0n) is 19.0.